The molecule has 0 saturated carbocycles. The number of amidine groups is 1. The van der Waals surface area contributed by atoms with Gasteiger partial charge in [0.2, 0.25) is 15.9 Å². The molecule has 0 bridgehead atoms. The number of hydrogen-bond acceptors (Lipinski definition) is 7. The highest BCUT2D eigenvalue weighted by Gasteiger charge is 2.40. The van der Waals surface area contributed by atoms with E-state index in [-0.39, 0.29) is 16.6 Å². The zero-order valence-corrected chi connectivity index (χ0v) is 23.6. The zero-order valence-electron chi connectivity index (χ0n) is 21.9. The molecule has 1 fully saturated rings. The number of primary sulfonamides is 1. The summed E-state index contributed by atoms with van der Waals surface area (Å²) in [6, 6.07) is 20.7. The predicted molar refractivity (Wildman–Crippen MR) is 156 cm³/mol. The van der Waals surface area contributed by atoms with Crippen LogP contribution in [0, 0.1) is 5.41 Å². The minimum absolute atomic E-state index is 0.0320. The van der Waals surface area contributed by atoms with Crippen LogP contribution in [-0.2, 0) is 19.6 Å². The number of hydrogen-bond donors (Lipinski definition) is 6. The molecule has 3 aromatic rings. The van der Waals surface area contributed by atoms with E-state index in [2.05, 4.69) is 10.6 Å². The zero-order chi connectivity index (χ0) is 31.1. The number of halogens is 3. The minimum Gasteiger partial charge on any atom is -0.475 e. The number of amides is 1. The third-order valence-electron chi connectivity index (χ3n) is 6.23. The molecule has 42 heavy (non-hydrogen) atoms. The lowest BCUT2D eigenvalue weighted by Gasteiger charge is -2.37. The number of carbonyl (C=O) groups is 2. The van der Waals surface area contributed by atoms with Crippen molar-refractivity contribution in [2.75, 3.05) is 22.1 Å². The number of benzene rings is 3. The van der Waals surface area contributed by atoms with E-state index in [0.717, 1.165) is 17.2 Å². The monoisotopic (exact) mass is 623 g/mol. The Balaban J connectivity index is 0.000000616. The number of aliphatic carboxylic acids is 1. The number of nitrogens with two attached hydrogens (primary N) is 2. The average Bonchev–Trinajstić information content (AvgIpc) is 2.93. The molecule has 3 aromatic carbocycles. The number of anilines is 2. The first kappa shape index (κ1) is 32.4. The van der Waals surface area contributed by atoms with E-state index in [1.54, 1.807) is 60.7 Å². The summed E-state index contributed by atoms with van der Waals surface area (Å²) in [6.07, 6.45) is -3.79. The molecular formula is C27H28F3N5O5S2. The highest BCUT2D eigenvalue weighted by Crippen LogP contribution is 2.33. The fourth-order valence-corrected chi connectivity index (χ4v) is 6.06. The molecule has 0 radical (unpaired) electrons. The molecule has 15 heteroatoms. The summed E-state index contributed by atoms with van der Waals surface area (Å²) in [5.41, 5.74) is 7.92. The maximum atomic E-state index is 13.5. The molecule has 224 valence electrons. The van der Waals surface area contributed by atoms with Gasteiger partial charge in [-0.05, 0) is 60.2 Å². The topological polar surface area (TPSA) is 188 Å². The summed E-state index contributed by atoms with van der Waals surface area (Å²) >= 11 is 1.81. The standard InChI is InChI=1S/C25H27N5O3S2.C2HF3O2/c26-23(27)18-4-3-5-20(16-18)30-25(12-14-34-15-13-25)24(31)29-19-10-8-17(9-11-19)21-6-1-2-7-22(21)35(28,32)33;3-2(4,5)1(6)7/h1-11,16,30H,12-15H2,(H3,26,27)(H,29,31)(H2,28,32,33);(H,6,7). The molecule has 0 unspecified atom stereocenters. The Morgan fingerprint density at radius 1 is 0.952 bits per heavy atom. The fourth-order valence-electron chi connectivity index (χ4n) is 4.11. The SMILES string of the molecule is N=C(N)c1cccc(NC2(C(=O)Nc3ccc(-c4ccccc4S(N)(=O)=O)cc3)CCSCC2)c1.O=C(O)C(F)(F)F. The molecule has 1 saturated heterocycles. The van der Waals surface area contributed by atoms with Crippen molar-refractivity contribution >= 4 is 50.9 Å². The van der Waals surface area contributed by atoms with Gasteiger partial charge in [0.1, 0.15) is 11.4 Å². The third-order valence-corrected chi connectivity index (χ3v) is 8.18. The minimum atomic E-state index is -5.08. The van der Waals surface area contributed by atoms with Gasteiger partial charge in [0, 0.05) is 22.5 Å². The van der Waals surface area contributed by atoms with E-state index >= 15 is 0 Å². The second-order valence-electron chi connectivity index (χ2n) is 9.19. The normalized spacial score (nSPS) is 14.6. The molecule has 0 aliphatic carbocycles. The molecule has 1 aliphatic rings. The number of nitrogens with one attached hydrogen (secondary N) is 3. The molecule has 1 aliphatic heterocycles. The Kier molecular flexibility index (Phi) is 10.2. The second-order valence-corrected chi connectivity index (χ2v) is 11.9. The van der Waals surface area contributed by atoms with Crippen LogP contribution in [0.4, 0.5) is 24.5 Å². The van der Waals surface area contributed by atoms with Crippen LogP contribution in [-0.4, -0.2) is 54.5 Å². The summed E-state index contributed by atoms with van der Waals surface area (Å²) in [7, 11) is -3.87. The van der Waals surface area contributed by atoms with Gasteiger partial charge in [-0.1, -0.05) is 42.5 Å². The first-order valence-electron chi connectivity index (χ1n) is 12.3. The van der Waals surface area contributed by atoms with Gasteiger partial charge >= 0.3 is 12.1 Å². The average molecular weight is 624 g/mol. The summed E-state index contributed by atoms with van der Waals surface area (Å²) in [6.45, 7) is 0. The van der Waals surface area contributed by atoms with Crippen molar-refractivity contribution in [1.29, 1.82) is 5.41 Å². The van der Waals surface area contributed by atoms with Crippen molar-refractivity contribution in [2.24, 2.45) is 10.9 Å². The van der Waals surface area contributed by atoms with Gasteiger partial charge in [-0.25, -0.2) is 18.4 Å². The molecule has 4 rings (SSSR count). The van der Waals surface area contributed by atoms with Crippen LogP contribution < -0.4 is 21.5 Å². The smallest absolute Gasteiger partial charge is 0.475 e. The summed E-state index contributed by atoms with van der Waals surface area (Å²) in [4.78, 5) is 22.5. The van der Waals surface area contributed by atoms with E-state index in [4.69, 9.17) is 26.2 Å². The number of alkyl halides is 3. The maximum absolute atomic E-state index is 13.5. The Morgan fingerprint density at radius 3 is 2.10 bits per heavy atom. The van der Waals surface area contributed by atoms with Crippen molar-refractivity contribution < 1.29 is 36.3 Å². The van der Waals surface area contributed by atoms with E-state index in [9.17, 15) is 26.4 Å². The van der Waals surface area contributed by atoms with Gasteiger partial charge in [0.15, 0.2) is 0 Å². The lowest BCUT2D eigenvalue weighted by atomic mass is 9.90. The quantitative estimate of drug-likeness (QED) is 0.166. The van der Waals surface area contributed by atoms with Crippen molar-refractivity contribution in [1.82, 2.24) is 0 Å². The van der Waals surface area contributed by atoms with Crippen LogP contribution in [0.15, 0.2) is 77.7 Å². The van der Waals surface area contributed by atoms with Crippen LogP contribution >= 0.6 is 11.8 Å². The first-order chi connectivity index (χ1) is 19.6. The molecule has 8 N–H and O–H groups in total. The van der Waals surface area contributed by atoms with Gasteiger partial charge in [0.25, 0.3) is 0 Å². The van der Waals surface area contributed by atoms with Crippen LogP contribution in [0.3, 0.4) is 0 Å². The summed E-state index contributed by atoms with van der Waals surface area (Å²) in [5, 5.41) is 26.6. The van der Waals surface area contributed by atoms with Crippen LogP contribution in [0.1, 0.15) is 18.4 Å². The molecule has 1 amide bonds. The van der Waals surface area contributed by atoms with E-state index in [0.29, 0.717) is 35.2 Å². The molecule has 0 spiro atoms. The Bertz CT molecular complexity index is 1560. The van der Waals surface area contributed by atoms with E-state index < -0.39 is 27.7 Å². The molecule has 10 nitrogen and oxygen atoms in total. The first-order valence-corrected chi connectivity index (χ1v) is 15.0. The Hall–Kier alpha value is -4.08. The summed E-state index contributed by atoms with van der Waals surface area (Å²) < 4.78 is 55.6. The molecule has 1 heterocycles. The Morgan fingerprint density at radius 2 is 1.55 bits per heavy atom. The lowest BCUT2D eigenvalue weighted by Crippen LogP contribution is -2.52. The lowest BCUT2D eigenvalue weighted by molar-refractivity contribution is -0.192. The van der Waals surface area contributed by atoms with Crippen molar-refractivity contribution in [2.45, 2.75) is 29.5 Å². The number of carboxylic acid groups (broad SMARTS) is 1. The van der Waals surface area contributed by atoms with Crippen LogP contribution in [0.25, 0.3) is 11.1 Å². The van der Waals surface area contributed by atoms with Gasteiger partial charge in [0.05, 0.1) is 4.90 Å². The van der Waals surface area contributed by atoms with Gasteiger partial charge in [-0.15, -0.1) is 0 Å². The number of thioether (sulfide) groups is 1. The van der Waals surface area contributed by atoms with Crippen molar-refractivity contribution in [3.63, 3.8) is 0 Å². The van der Waals surface area contributed by atoms with Gasteiger partial charge in [-0.2, -0.15) is 24.9 Å². The number of sulfonamides is 1. The number of carbonyl (C=O) groups excluding carboxylic acids is 1. The highest BCUT2D eigenvalue weighted by molar-refractivity contribution is 7.99. The van der Waals surface area contributed by atoms with Gasteiger partial charge in [-0.3, -0.25) is 10.2 Å². The van der Waals surface area contributed by atoms with E-state index in [1.807, 2.05) is 17.8 Å². The van der Waals surface area contributed by atoms with Crippen LogP contribution in [0.2, 0.25) is 0 Å². The molecular weight excluding hydrogens is 595 g/mol. The van der Waals surface area contributed by atoms with Crippen LogP contribution in [0.5, 0.6) is 0 Å². The number of carboxylic acids is 1. The van der Waals surface area contributed by atoms with Crippen molar-refractivity contribution in [3.05, 3.63) is 78.4 Å². The van der Waals surface area contributed by atoms with Crippen molar-refractivity contribution in [3.8, 4) is 11.1 Å². The molecule has 0 atom stereocenters. The summed E-state index contributed by atoms with van der Waals surface area (Å²) in [5.74, 6) is -1.25. The van der Waals surface area contributed by atoms with E-state index in [1.165, 1.54) is 6.07 Å². The maximum Gasteiger partial charge on any atom is 0.490 e. The highest BCUT2D eigenvalue weighted by atomic mass is 32.2. The fraction of sp³-hybridized carbons (Fsp3) is 0.222. The second kappa shape index (κ2) is 13.3. The number of rotatable bonds is 7. The Labute approximate surface area is 244 Å². The largest absolute Gasteiger partial charge is 0.490 e. The third kappa shape index (κ3) is 8.47. The van der Waals surface area contributed by atoms with Gasteiger partial charge < -0.3 is 21.5 Å². The predicted octanol–water partition coefficient (Wildman–Crippen LogP) is 4.23. The number of nitrogen functional groups attached to an aromatic ring is 1. The molecule has 0 aromatic heterocycles.